The van der Waals surface area contributed by atoms with Crippen molar-refractivity contribution in [2.75, 3.05) is 6.54 Å². The maximum absolute atomic E-state index is 12.3. The highest BCUT2D eigenvalue weighted by molar-refractivity contribution is 5.94. The molecular weight excluding hydrogens is 203 g/mol. The summed E-state index contributed by atoms with van der Waals surface area (Å²) in [5, 5.41) is 7.04. The number of carbonyl (C=O) groups is 1. The minimum absolute atomic E-state index is 0.00570. The molecule has 1 atom stereocenters. The van der Waals surface area contributed by atoms with Gasteiger partial charge in [-0.2, -0.15) is 0 Å². The molecule has 15 heavy (non-hydrogen) atoms. The van der Waals surface area contributed by atoms with E-state index in [9.17, 15) is 9.18 Å². The molecule has 1 rings (SSSR count). The van der Waals surface area contributed by atoms with Crippen molar-refractivity contribution in [1.29, 1.82) is 0 Å². The van der Waals surface area contributed by atoms with Crippen molar-refractivity contribution in [1.82, 2.24) is 15.4 Å². The summed E-state index contributed by atoms with van der Waals surface area (Å²) in [4.78, 5) is 17.0. The number of hydrogen-bond donors (Lipinski definition) is 3. The largest absolute Gasteiger partial charge is 0.364 e. The number of aromatic amines is 1. The third-order valence-electron chi connectivity index (χ3n) is 1.45. The van der Waals surface area contributed by atoms with E-state index in [1.165, 1.54) is 13.3 Å². The van der Waals surface area contributed by atoms with Gasteiger partial charge < -0.3 is 10.7 Å². The fourth-order valence-electron chi connectivity index (χ4n) is 0.796. The van der Waals surface area contributed by atoms with E-state index in [1.807, 2.05) is 0 Å². The Labute approximate surface area is 85.0 Å². The maximum atomic E-state index is 12.3. The van der Waals surface area contributed by atoms with E-state index < -0.39 is 12.1 Å². The molecule has 8 heteroatoms. The van der Waals surface area contributed by atoms with Crippen LogP contribution in [0.3, 0.4) is 0 Å². The van der Waals surface area contributed by atoms with Gasteiger partial charge in [-0.15, -0.1) is 5.11 Å². The fraction of sp³-hybridized carbons (Fsp3) is 0.429. The molecular formula is C7H11FN6O. The molecule has 1 aromatic rings. The molecule has 1 aromatic heterocycles. The summed E-state index contributed by atoms with van der Waals surface area (Å²) >= 11 is 0. The molecule has 0 radical (unpaired) electrons. The Morgan fingerprint density at radius 2 is 2.60 bits per heavy atom. The number of nitrogens with zero attached hydrogens (tertiary/aromatic N) is 3. The van der Waals surface area contributed by atoms with Crippen LogP contribution in [0.2, 0.25) is 0 Å². The van der Waals surface area contributed by atoms with Gasteiger partial charge in [0.05, 0.1) is 12.9 Å². The van der Waals surface area contributed by atoms with Crippen LogP contribution in [0, 0.1) is 0 Å². The van der Waals surface area contributed by atoms with Gasteiger partial charge in [0.1, 0.15) is 6.17 Å². The number of halogens is 1. The van der Waals surface area contributed by atoms with Crippen LogP contribution in [-0.2, 0) is 0 Å². The first-order valence-electron chi connectivity index (χ1n) is 4.22. The zero-order valence-electron chi connectivity index (χ0n) is 8.07. The number of imidazole rings is 1. The van der Waals surface area contributed by atoms with Crippen molar-refractivity contribution in [2.45, 2.75) is 13.1 Å². The average molecular weight is 214 g/mol. The smallest absolute Gasteiger partial charge is 0.271 e. The van der Waals surface area contributed by atoms with Crippen LogP contribution >= 0.6 is 0 Å². The fourth-order valence-corrected chi connectivity index (χ4v) is 0.796. The molecule has 0 saturated heterocycles. The first kappa shape index (κ1) is 11.1. The lowest BCUT2D eigenvalue weighted by atomic mass is 10.4. The van der Waals surface area contributed by atoms with Crippen LogP contribution in [0.15, 0.2) is 16.7 Å². The lowest BCUT2D eigenvalue weighted by molar-refractivity contribution is 0.0996. The van der Waals surface area contributed by atoms with Gasteiger partial charge in [0.2, 0.25) is 0 Å². The Bertz CT molecular complexity index is 360. The summed E-state index contributed by atoms with van der Waals surface area (Å²) in [6.45, 7) is 1.43. The zero-order chi connectivity index (χ0) is 11.3. The number of primary amides is 1. The molecule has 0 aliphatic heterocycles. The Hall–Kier alpha value is -1.99. The molecule has 82 valence electrons. The van der Waals surface area contributed by atoms with Gasteiger partial charge in [-0.25, -0.2) is 9.37 Å². The van der Waals surface area contributed by atoms with Crippen molar-refractivity contribution in [2.24, 2.45) is 16.1 Å². The number of nitrogens with two attached hydrogens (primary N) is 1. The topological polar surface area (TPSA) is 109 Å². The third-order valence-corrected chi connectivity index (χ3v) is 1.45. The summed E-state index contributed by atoms with van der Waals surface area (Å²) in [6, 6.07) is 0. The minimum atomic E-state index is -1.03. The molecule has 0 aliphatic carbocycles. The van der Waals surface area contributed by atoms with Gasteiger partial charge in [-0.3, -0.25) is 10.2 Å². The number of amides is 1. The molecule has 0 fully saturated rings. The second-order valence-electron chi connectivity index (χ2n) is 2.81. The minimum Gasteiger partial charge on any atom is -0.364 e. The van der Waals surface area contributed by atoms with E-state index in [4.69, 9.17) is 5.73 Å². The first-order valence-corrected chi connectivity index (χ1v) is 4.22. The van der Waals surface area contributed by atoms with Gasteiger partial charge in [0.15, 0.2) is 11.5 Å². The van der Waals surface area contributed by atoms with Crippen LogP contribution in [0.5, 0.6) is 0 Å². The Kier molecular flexibility index (Phi) is 3.72. The highest BCUT2D eigenvalue weighted by Crippen LogP contribution is 2.12. The highest BCUT2D eigenvalue weighted by Gasteiger charge is 2.09. The maximum Gasteiger partial charge on any atom is 0.271 e. The van der Waals surface area contributed by atoms with Crippen LogP contribution in [-0.4, -0.2) is 28.6 Å². The number of rotatable bonds is 5. The molecule has 0 spiro atoms. The lowest BCUT2D eigenvalue weighted by Gasteiger charge is -1.97. The van der Waals surface area contributed by atoms with Crippen molar-refractivity contribution in [3.8, 4) is 0 Å². The van der Waals surface area contributed by atoms with Crippen molar-refractivity contribution >= 4 is 11.7 Å². The standard InChI is InChI=1S/C7H11FN6O/c1-4(8)2-12-14-13-7-5(6(9)15)10-3-11-7/h3-4H,2H2,1H3,(H2,9,15)(H,10,11)(H,12,13). The molecule has 1 amide bonds. The van der Waals surface area contributed by atoms with E-state index in [0.717, 1.165) is 0 Å². The number of H-pyrrole nitrogens is 1. The van der Waals surface area contributed by atoms with Crippen LogP contribution in [0.4, 0.5) is 10.2 Å². The number of alkyl halides is 1. The molecule has 0 bridgehead atoms. The van der Waals surface area contributed by atoms with E-state index >= 15 is 0 Å². The second kappa shape index (κ2) is 5.03. The van der Waals surface area contributed by atoms with Crippen molar-refractivity contribution < 1.29 is 9.18 Å². The molecule has 0 saturated carbocycles. The normalized spacial score (nSPS) is 12.9. The number of nitrogens with one attached hydrogen (secondary N) is 2. The summed E-state index contributed by atoms with van der Waals surface area (Å²) in [6.07, 6.45) is 0.244. The molecule has 1 heterocycles. The molecule has 1 unspecified atom stereocenters. The van der Waals surface area contributed by atoms with E-state index in [-0.39, 0.29) is 18.1 Å². The lowest BCUT2D eigenvalue weighted by Crippen LogP contribution is -2.15. The SMILES string of the molecule is CC(F)CN/N=N/c1[nH]cnc1C(N)=O. The monoisotopic (exact) mass is 214 g/mol. The molecule has 0 aromatic carbocycles. The summed E-state index contributed by atoms with van der Waals surface area (Å²) in [7, 11) is 0. The zero-order valence-corrected chi connectivity index (χ0v) is 8.07. The predicted molar refractivity (Wildman–Crippen MR) is 50.2 cm³/mol. The van der Waals surface area contributed by atoms with E-state index in [0.29, 0.717) is 0 Å². The summed E-state index contributed by atoms with van der Waals surface area (Å²) < 4.78 is 12.3. The second-order valence-corrected chi connectivity index (χ2v) is 2.81. The van der Waals surface area contributed by atoms with Crippen LogP contribution < -0.4 is 11.2 Å². The Balaban J connectivity index is 2.56. The molecule has 0 aliphatic rings. The predicted octanol–water partition coefficient (Wildman–Crippen LogP) is 0.455. The molecule has 4 N–H and O–H groups in total. The number of carbonyl (C=O) groups excluding carboxylic acids is 1. The van der Waals surface area contributed by atoms with Gasteiger partial charge in [-0.1, -0.05) is 5.22 Å². The Morgan fingerprint density at radius 3 is 3.20 bits per heavy atom. The summed E-state index contributed by atoms with van der Waals surface area (Å²) in [5.41, 5.74) is 7.37. The quantitative estimate of drug-likeness (QED) is 0.489. The van der Waals surface area contributed by atoms with Gasteiger partial charge in [0.25, 0.3) is 5.91 Å². The van der Waals surface area contributed by atoms with Crippen LogP contribution in [0.25, 0.3) is 0 Å². The Morgan fingerprint density at radius 1 is 1.87 bits per heavy atom. The van der Waals surface area contributed by atoms with Gasteiger partial charge in [0, 0.05) is 0 Å². The number of aromatic nitrogens is 2. The molecule has 7 nitrogen and oxygen atoms in total. The van der Waals surface area contributed by atoms with E-state index in [1.54, 1.807) is 0 Å². The first-order chi connectivity index (χ1) is 7.11. The van der Waals surface area contributed by atoms with Gasteiger partial charge in [-0.05, 0) is 6.92 Å². The number of hydrogen-bond acceptors (Lipinski definition) is 4. The van der Waals surface area contributed by atoms with Crippen LogP contribution in [0.1, 0.15) is 17.4 Å². The third kappa shape index (κ3) is 3.33. The van der Waals surface area contributed by atoms with Crippen molar-refractivity contribution in [3.05, 3.63) is 12.0 Å². The highest BCUT2D eigenvalue weighted by atomic mass is 19.1. The van der Waals surface area contributed by atoms with Gasteiger partial charge >= 0.3 is 0 Å². The van der Waals surface area contributed by atoms with E-state index in [2.05, 4.69) is 25.7 Å². The summed E-state index contributed by atoms with van der Waals surface area (Å²) in [5.74, 6) is -0.564. The average Bonchev–Trinajstić information content (AvgIpc) is 2.60. The van der Waals surface area contributed by atoms with Crippen molar-refractivity contribution in [3.63, 3.8) is 0 Å².